The van der Waals surface area contributed by atoms with Crippen LogP contribution in [0.4, 0.5) is 11.4 Å². The number of nitrogens with zero attached hydrogens (tertiary/aromatic N) is 1. The normalized spacial score (nSPS) is 10.8. The Bertz CT molecular complexity index is 1190. The number of nitrogens with one attached hydrogen (secondary N) is 1. The van der Waals surface area contributed by atoms with E-state index in [1.54, 1.807) is 48.5 Å². The molecule has 0 heterocycles. The fourth-order valence-corrected chi connectivity index (χ4v) is 3.76. The van der Waals surface area contributed by atoms with Gasteiger partial charge in [0.1, 0.15) is 18.0 Å². The predicted octanol–water partition coefficient (Wildman–Crippen LogP) is 3.67. The largest absolute Gasteiger partial charge is 0.465 e. The van der Waals surface area contributed by atoms with Crippen LogP contribution in [-0.2, 0) is 19.6 Å². The smallest absolute Gasteiger partial charge is 0.339 e. The van der Waals surface area contributed by atoms with E-state index in [0.29, 0.717) is 17.2 Å². The van der Waals surface area contributed by atoms with Crippen LogP contribution in [0.1, 0.15) is 10.4 Å². The highest BCUT2D eigenvalue weighted by atomic mass is 32.2. The van der Waals surface area contributed by atoms with Gasteiger partial charge in [0.25, 0.3) is 0 Å². The van der Waals surface area contributed by atoms with Crippen LogP contribution in [0, 0.1) is 0 Å². The maximum absolute atomic E-state index is 12.6. The van der Waals surface area contributed by atoms with Gasteiger partial charge < -0.3 is 14.8 Å². The Morgan fingerprint density at radius 2 is 1.47 bits per heavy atom. The maximum Gasteiger partial charge on any atom is 0.339 e. The second-order valence-electron chi connectivity index (χ2n) is 6.76. The van der Waals surface area contributed by atoms with Gasteiger partial charge in [-0.3, -0.25) is 9.10 Å². The van der Waals surface area contributed by atoms with Gasteiger partial charge in [0.05, 0.1) is 30.3 Å². The quantitative estimate of drug-likeness (QED) is 0.521. The van der Waals surface area contributed by atoms with Gasteiger partial charge in [0.15, 0.2) is 0 Å². The van der Waals surface area contributed by atoms with Gasteiger partial charge in [-0.15, -0.1) is 0 Å². The van der Waals surface area contributed by atoms with Crippen molar-refractivity contribution in [3.05, 3.63) is 84.4 Å². The summed E-state index contributed by atoms with van der Waals surface area (Å²) in [7, 11) is -2.53. The lowest BCUT2D eigenvalue weighted by Gasteiger charge is -2.22. The highest BCUT2D eigenvalue weighted by Crippen LogP contribution is 2.25. The summed E-state index contributed by atoms with van der Waals surface area (Å²) in [6, 6.07) is 21.8. The summed E-state index contributed by atoms with van der Waals surface area (Å²) in [6.45, 7) is -0.479. The first-order chi connectivity index (χ1) is 15.3. The van der Waals surface area contributed by atoms with E-state index in [2.05, 4.69) is 5.32 Å². The van der Waals surface area contributed by atoms with Crippen LogP contribution in [0.5, 0.6) is 11.5 Å². The van der Waals surface area contributed by atoms with Gasteiger partial charge >= 0.3 is 5.97 Å². The summed E-state index contributed by atoms with van der Waals surface area (Å²) in [5.74, 6) is -0.0695. The van der Waals surface area contributed by atoms with Crippen molar-refractivity contribution in [2.75, 3.05) is 29.5 Å². The molecule has 0 spiro atoms. The van der Waals surface area contributed by atoms with Crippen LogP contribution in [0.3, 0.4) is 0 Å². The maximum atomic E-state index is 12.6. The zero-order valence-electron chi connectivity index (χ0n) is 17.5. The second kappa shape index (κ2) is 9.97. The number of hydrogen-bond donors (Lipinski definition) is 1. The van der Waals surface area contributed by atoms with Crippen molar-refractivity contribution in [2.24, 2.45) is 0 Å². The van der Waals surface area contributed by atoms with Crippen molar-refractivity contribution in [3.63, 3.8) is 0 Å². The van der Waals surface area contributed by atoms with Crippen molar-refractivity contribution in [1.82, 2.24) is 0 Å². The van der Waals surface area contributed by atoms with E-state index in [1.807, 2.05) is 18.2 Å². The first-order valence-corrected chi connectivity index (χ1v) is 11.4. The summed E-state index contributed by atoms with van der Waals surface area (Å²) in [6.07, 6.45) is 1.01. The third-order valence-electron chi connectivity index (χ3n) is 4.40. The monoisotopic (exact) mass is 454 g/mol. The minimum absolute atomic E-state index is 0.164. The average molecular weight is 455 g/mol. The van der Waals surface area contributed by atoms with E-state index in [1.165, 1.54) is 19.2 Å². The van der Waals surface area contributed by atoms with Crippen molar-refractivity contribution in [2.45, 2.75) is 0 Å². The Labute approximate surface area is 186 Å². The third-order valence-corrected chi connectivity index (χ3v) is 5.54. The summed E-state index contributed by atoms with van der Waals surface area (Å²) >= 11 is 0. The van der Waals surface area contributed by atoms with E-state index in [0.717, 1.165) is 10.6 Å². The highest BCUT2D eigenvalue weighted by Gasteiger charge is 2.22. The molecule has 0 bridgehead atoms. The van der Waals surface area contributed by atoms with Crippen LogP contribution < -0.4 is 14.4 Å². The molecule has 1 N–H and O–H groups in total. The Balaban J connectivity index is 1.76. The van der Waals surface area contributed by atoms with Crippen molar-refractivity contribution in [1.29, 1.82) is 0 Å². The highest BCUT2D eigenvalue weighted by molar-refractivity contribution is 7.92. The summed E-state index contributed by atoms with van der Waals surface area (Å²) in [5.41, 5.74) is 0.686. The molecule has 3 aromatic rings. The topological polar surface area (TPSA) is 102 Å². The van der Waals surface area contributed by atoms with E-state index < -0.39 is 28.4 Å². The molecule has 0 aliphatic heterocycles. The molecule has 9 heteroatoms. The van der Waals surface area contributed by atoms with E-state index in [-0.39, 0.29) is 11.3 Å². The fraction of sp³-hybridized carbons (Fsp3) is 0.130. The van der Waals surface area contributed by atoms with Gasteiger partial charge in [-0.1, -0.05) is 30.3 Å². The number of amides is 1. The molecule has 166 valence electrons. The number of hydrogen-bond acceptors (Lipinski definition) is 6. The molecule has 0 fully saturated rings. The van der Waals surface area contributed by atoms with Crippen LogP contribution >= 0.6 is 0 Å². The molecule has 32 heavy (non-hydrogen) atoms. The number of benzene rings is 3. The van der Waals surface area contributed by atoms with Gasteiger partial charge in [-0.2, -0.15) is 0 Å². The molecule has 0 radical (unpaired) electrons. The number of anilines is 2. The van der Waals surface area contributed by atoms with E-state index >= 15 is 0 Å². The molecular weight excluding hydrogens is 432 g/mol. The van der Waals surface area contributed by atoms with Gasteiger partial charge in [0, 0.05) is 0 Å². The molecule has 0 atom stereocenters. The Morgan fingerprint density at radius 1 is 0.875 bits per heavy atom. The zero-order chi connectivity index (χ0) is 23.1. The summed E-state index contributed by atoms with van der Waals surface area (Å²) in [5, 5.41) is 2.57. The minimum Gasteiger partial charge on any atom is -0.465 e. The SMILES string of the molecule is COC(=O)c1ccccc1NC(=O)CN(c1ccc(Oc2ccccc2)cc1)S(C)(=O)=O. The number of para-hydroxylation sites is 2. The minimum atomic E-state index is -3.77. The van der Waals surface area contributed by atoms with Crippen molar-refractivity contribution in [3.8, 4) is 11.5 Å². The molecule has 3 aromatic carbocycles. The van der Waals surface area contributed by atoms with Crippen LogP contribution in [0.25, 0.3) is 0 Å². The fourth-order valence-electron chi connectivity index (χ4n) is 2.91. The number of carbonyl (C=O) groups excluding carboxylic acids is 2. The van der Waals surface area contributed by atoms with Crippen LogP contribution in [0.2, 0.25) is 0 Å². The lowest BCUT2D eigenvalue weighted by atomic mass is 10.2. The van der Waals surface area contributed by atoms with E-state index in [4.69, 9.17) is 9.47 Å². The number of carbonyl (C=O) groups is 2. The molecule has 0 aliphatic rings. The molecule has 0 aliphatic carbocycles. The molecule has 1 amide bonds. The first-order valence-electron chi connectivity index (χ1n) is 9.56. The lowest BCUT2D eigenvalue weighted by molar-refractivity contribution is -0.114. The Kier molecular flexibility index (Phi) is 7.11. The molecule has 3 rings (SSSR count). The number of rotatable bonds is 8. The lowest BCUT2D eigenvalue weighted by Crippen LogP contribution is -2.37. The summed E-state index contributed by atoms with van der Waals surface area (Å²) < 4.78 is 36.1. The van der Waals surface area contributed by atoms with Crippen LogP contribution in [0.15, 0.2) is 78.9 Å². The first kappa shape index (κ1) is 22.8. The van der Waals surface area contributed by atoms with Gasteiger partial charge in [-0.05, 0) is 48.5 Å². The molecule has 0 saturated heterocycles. The molecular formula is C23H22N2O6S. The average Bonchev–Trinajstić information content (AvgIpc) is 2.78. The molecule has 0 aromatic heterocycles. The van der Waals surface area contributed by atoms with E-state index in [9.17, 15) is 18.0 Å². The predicted molar refractivity (Wildman–Crippen MR) is 122 cm³/mol. The number of esters is 1. The van der Waals surface area contributed by atoms with Gasteiger partial charge in [-0.25, -0.2) is 13.2 Å². The summed E-state index contributed by atoms with van der Waals surface area (Å²) in [4.78, 5) is 24.5. The van der Waals surface area contributed by atoms with Crippen LogP contribution in [-0.4, -0.2) is 40.2 Å². The number of sulfonamides is 1. The van der Waals surface area contributed by atoms with Crippen molar-refractivity contribution >= 4 is 33.3 Å². The standard InChI is InChI=1S/C23H22N2O6S/c1-30-23(27)20-10-6-7-11-21(20)24-22(26)16-25(32(2,28)29)17-12-14-19(15-13-17)31-18-8-4-3-5-9-18/h3-15H,16H2,1-2H3,(H,24,26). The zero-order valence-corrected chi connectivity index (χ0v) is 18.3. The number of ether oxygens (including phenoxy) is 2. The molecule has 0 unspecified atom stereocenters. The third kappa shape index (κ3) is 5.86. The second-order valence-corrected chi connectivity index (χ2v) is 8.67. The number of methoxy groups -OCH3 is 1. The molecule has 0 saturated carbocycles. The van der Waals surface area contributed by atoms with Gasteiger partial charge in [0.2, 0.25) is 15.9 Å². The Hall–Kier alpha value is -3.85. The molecule has 8 nitrogen and oxygen atoms in total. The van der Waals surface area contributed by atoms with Crippen molar-refractivity contribution < 1.29 is 27.5 Å². The Morgan fingerprint density at radius 3 is 2.09 bits per heavy atom.